The highest BCUT2D eigenvalue weighted by molar-refractivity contribution is 5.85. The molecule has 0 aliphatic carbocycles. The van der Waals surface area contributed by atoms with E-state index in [-0.39, 0.29) is 5.69 Å². The first-order valence-corrected chi connectivity index (χ1v) is 5.16. The third-order valence-electron chi connectivity index (χ3n) is 2.21. The summed E-state index contributed by atoms with van der Waals surface area (Å²) in [5, 5.41) is 15.9. The number of aromatic carboxylic acids is 1. The monoisotopic (exact) mass is 232 g/mol. The number of nitrogens with one attached hydrogen (secondary N) is 1. The van der Waals surface area contributed by atoms with Gasteiger partial charge in [0.05, 0.1) is 18.4 Å². The maximum atomic E-state index is 10.6. The summed E-state index contributed by atoms with van der Waals surface area (Å²) in [7, 11) is 0. The second kappa shape index (κ2) is 5.11. The van der Waals surface area contributed by atoms with Gasteiger partial charge < -0.3 is 10.4 Å². The summed E-state index contributed by atoms with van der Waals surface area (Å²) in [6.45, 7) is 1.45. The van der Waals surface area contributed by atoms with E-state index >= 15 is 0 Å². The molecule has 88 valence electrons. The maximum absolute atomic E-state index is 10.6. The smallest absolute Gasteiger partial charge is 0.354 e. The first-order chi connectivity index (χ1) is 8.25. The molecule has 0 aliphatic rings. The lowest BCUT2D eigenvalue weighted by atomic mass is 10.3. The zero-order valence-electron chi connectivity index (χ0n) is 9.08. The summed E-state index contributed by atoms with van der Waals surface area (Å²) >= 11 is 0. The summed E-state index contributed by atoms with van der Waals surface area (Å²) < 4.78 is 1.81. The van der Waals surface area contributed by atoms with Crippen molar-refractivity contribution in [3.63, 3.8) is 0 Å². The molecule has 17 heavy (non-hydrogen) atoms. The second-order valence-corrected chi connectivity index (χ2v) is 3.43. The third-order valence-corrected chi connectivity index (χ3v) is 2.21. The van der Waals surface area contributed by atoms with Crippen LogP contribution in [-0.2, 0) is 6.54 Å². The van der Waals surface area contributed by atoms with Gasteiger partial charge >= 0.3 is 5.97 Å². The van der Waals surface area contributed by atoms with E-state index in [0.717, 1.165) is 12.2 Å². The predicted octanol–water partition coefficient (Wildman–Crippen LogP) is 1.09. The van der Waals surface area contributed by atoms with Gasteiger partial charge in [0.1, 0.15) is 5.69 Å². The van der Waals surface area contributed by atoms with Crippen molar-refractivity contribution in [1.29, 1.82) is 0 Å². The number of anilines is 1. The largest absolute Gasteiger partial charge is 0.477 e. The molecule has 0 fully saturated rings. The zero-order valence-corrected chi connectivity index (χ0v) is 9.08. The van der Waals surface area contributed by atoms with E-state index in [9.17, 15) is 4.79 Å². The highest BCUT2D eigenvalue weighted by atomic mass is 16.4. The first kappa shape index (κ1) is 11.1. The molecule has 0 saturated heterocycles. The van der Waals surface area contributed by atoms with E-state index < -0.39 is 5.97 Å². The number of hydrogen-bond donors (Lipinski definition) is 2. The van der Waals surface area contributed by atoms with Crippen molar-refractivity contribution in [2.75, 3.05) is 11.9 Å². The normalized spacial score (nSPS) is 10.1. The van der Waals surface area contributed by atoms with Gasteiger partial charge in [-0.2, -0.15) is 5.10 Å². The lowest BCUT2D eigenvalue weighted by molar-refractivity contribution is 0.0690. The van der Waals surface area contributed by atoms with Crippen LogP contribution in [0.1, 0.15) is 10.5 Å². The molecule has 2 N–H and O–H groups in total. The van der Waals surface area contributed by atoms with Crippen molar-refractivity contribution < 1.29 is 9.90 Å². The number of carboxylic acids is 1. The molecule has 2 heterocycles. The van der Waals surface area contributed by atoms with Crippen LogP contribution in [0.2, 0.25) is 0 Å². The molecule has 2 aromatic rings. The van der Waals surface area contributed by atoms with Gasteiger partial charge in [0, 0.05) is 18.9 Å². The predicted molar refractivity (Wildman–Crippen MR) is 61.9 cm³/mol. The average Bonchev–Trinajstić information content (AvgIpc) is 2.83. The molecule has 6 nitrogen and oxygen atoms in total. The van der Waals surface area contributed by atoms with Gasteiger partial charge in [0.15, 0.2) is 0 Å². The third kappa shape index (κ3) is 3.04. The lowest BCUT2D eigenvalue weighted by Gasteiger charge is -2.06. The lowest BCUT2D eigenvalue weighted by Crippen LogP contribution is -2.11. The highest BCUT2D eigenvalue weighted by Gasteiger charge is 2.02. The molecular weight excluding hydrogens is 220 g/mol. The van der Waals surface area contributed by atoms with Gasteiger partial charge in [-0.15, -0.1) is 0 Å². The van der Waals surface area contributed by atoms with E-state index in [1.54, 1.807) is 12.3 Å². The summed E-state index contributed by atoms with van der Waals surface area (Å²) in [4.78, 5) is 14.4. The van der Waals surface area contributed by atoms with Gasteiger partial charge in [0.2, 0.25) is 0 Å². The molecule has 0 atom stereocenters. The molecule has 0 amide bonds. The van der Waals surface area contributed by atoms with Crippen LogP contribution < -0.4 is 5.32 Å². The number of aromatic nitrogens is 3. The average molecular weight is 232 g/mol. The van der Waals surface area contributed by atoms with Crippen molar-refractivity contribution in [2.24, 2.45) is 0 Å². The first-order valence-electron chi connectivity index (χ1n) is 5.16. The molecule has 0 aliphatic heterocycles. The van der Waals surface area contributed by atoms with Gasteiger partial charge in [-0.25, -0.2) is 9.78 Å². The Morgan fingerprint density at radius 1 is 1.47 bits per heavy atom. The molecule has 2 rings (SSSR count). The van der Waals surface area contributed by atoms with E-state index in [2.05, 4.69) is 15.4 Å². The van der Waals surface area contributed by atoms with Gasteiger partial charge in [-0.05, 0) is 18.2 Å². The van der Waals surface area contributed by atoms with Crippen LogP contribution in [0.4, 0.5) is 5.69 Å². The Hall–Kier alpha value is -2.37. The Bertz CT molecular complexity index is 479. The second-order valence-electron chi connectivity index (χ2n) is 3.43. The van der Waals surface area contributed by atoms with Crippen molar-refractivity contribution in [3.8, 4) is 0 Å². The summed E-state index contributed by atoms with van der Waals surface area (Å²) in [5.74, 6) is -1.02. The number of nitrogens with zero attached hydrogens (tertiary/aromatic N) is 3. The Morgan fingerprint density at radius 2 is 2.35 bits per heavy atom. The number of carboxylic acid groups (broad SMARTS) is 1. The number of rotatable bonds is 5. The van der Waals surface area contributed by atoms with Crippen molar-refractivity contribution in [1.82, 2.24) is 14.8 Å². The van der Waals surface area contributed by atoms with Crippen LogP contribution >= 0.6 is 0 Å². The SMILES string of the molecule is O=C(O)c1ccc(NCCn2cccn2)cn1. The summed E-state index contributed by atoms with van der Waals surface area (Å²) in [5.41, 5.74) is 0.838. The molecule has 0 bridgehead atoms. The number of pyridine rings is 1. The van der Waals surface area contributed by atoms with E-state index in [0.29, 0.717) is 6.54 Å². The molecule has 0 radical (unpaired) electrons. The topological polar surface area (TPSA) is 80.0 Å². The van der Waals surface area contributed by atoms with Crippen LogP contribution in [0.3, 0.4) is 0 Å². The van der Waals surface area contributed by atoms with Crippen LogP contribution in [0.5, 0.6) is 0 Å². The Labute approximate surface area is 97.9 Å². The fourth-order valence-electron chi connectivity index (χ4n) is 1.37. The standard InChI is InChI=1S/C11H12N4O2/c16-11(17)10-3-2-9(8-13-10)12-5-7-15-6-1-4-14-15/h1-4,6,8,12H,5,7H2,(H,16,17). The van der Waals surface area contributed by atoms with Gasteiger partial charge in [0.25, 0.3) is 0 Å². The minimum Gasteiger partial charge on any atom is -0.477 e. The van der Waals surface area contributed by atoms with Crippen LogP contribution in [0.15, 0.2) is 36.8 Å². The van der Waals surface area contributed by atoms with E-state index in [1.807, 2.05) is 16.9 Å². The molecule has 0 unspecified atom stereocenters. The van der Waals surface area contributed by atoms with Crippen molar-refractivity contribution in [2.45, 2.75) is 6.54 Å². The molecule has 6 heteroatoms. The van der Waals surface area contributed by atoms with E-state index in [4.69, 9.17) is 5.11 Å². The molecular formula is C11H12N4O2. The van der Waals surface area contributed by atoms with Crippen molar-refractivity contribution >= 4 is 11.7 Å². The van der Waals surface area contributed by atoms with Crippen LogP contribution in [0, 0.1) is 0 Å². The Balaban J connectivity index is 1.85. The maximum Gasteiger partial charge on any atom is 0.354 e. The zero-order chi connectivity index (χ0) is 12.1. The molecule has 0 spiro atoms. The quantitative estimate of drug-likeness (QED) is 0.806. The molecule has 2 aromatic heterocycles. The van der Waals surface area contributed by atoms with Crippen molar-refractivity contribution in [3.05, 3.63) is 42.5 Å². The number of hydrogen-bond acceptors (Lipinski definition) is 4. The fraction of sp³-hybridized carbons (Fsp3) is 0.182. The molecule has 0 aromatic carbocycles. The van der Waals surface area contributed by atoms with Gasteiger partial charge in [-0.3, -0.25) is 4.68 Å². The van der Waals surface area contributed by atoms with Gasteiger partial charge in [-0.1, -0.05) is 0 Å². The number of carbonyl (C=O) groups is 1. The Morgan fingerprint density at radius 3 is 2.94 bits per heavy atom. The highest BCUT2D eigenvalue weighted by Crippen LogP contribution is 2.05. The van der Waals surface area contributed by atoms with Crippen LogP contribution in [0.25, 0.3) is 0 Å². The fourth-order valence-corrected chi connectivity index (χ4v) is 1.37. The molecule has 0 saturated carbocycles. The van der Waals surface area contributed by atoms with Crippen LogP contribution in [-0.4, -0.2) is 32.4 Å². The Kier molecular flexibility index (Phi) is 3.34. The van der Waals surface area contributed by atoms with E-state index in [1.165, 1.54) is 12.3 Å². The minimum atomic E-state index is -1.02. The minimum absolute atomic E-state index is 0.0441. The summed E-state index contributed by atoms with van der Waals surface area (Å²) in [6.07, 6.45) is 5.11. The summed E-state index contributed by atoms with van der Waals surface area (Å²) in [6, 6.07) is 5.03.